The molecule has 0 amide bonds. The minimum atomic E-state index is -3.63. The normalized spacial score (nSPS) is 16.5. The lowest BCUT2D eigenvalue weighted by Crippen LogP contribution is -2.48. The molecule has 0 atom stereocenters. The molecular formula is C18H19FN2O4S. The van der Waals surface area contributed by atoms with E-state index in [9.17, 15) is 17.6 Å². The monoisotopic (exact) mass is 378 g/mol. The maximum Gasteiger partial charge on any atom is 0.335 e. The molecule has 1 N–H and O–H groups in total. The lowest BCUT2D eigenvalue weighted by Gasteiger charge is -2.34. The maximum atomic E-state index is 13.0. The molecule has 26 heavy (non-hydrogen) atoms. The van der Waals surface area contributed by atoms with Crippen LogP contribution in [0.4, 0.5) is 4.39 Å². The second-order valence-electron chi connectivity index (χ2n) is 6.14. The fourth-order valence-corrected chi connectivity index (χ4v) is 4.37. The third-order valence-electron chi connectivity index (χ3n) is 4.36. The predicted octanol–water partition coefficient (Wildman–Crippen LogP) is 2.03. The first-order valence-electron chi connectivity index (χ1n) is 8.16. The standard InChI is InChI=1S/C18H19FN2O4S/c19-16-4-6-17(7-5-16)26(24,25)21-10-8-20(9-11-21)13-14-2-1-3-15(12-14)18(22)23/h1-7,12H,8-11,13H2,(H,22,23). The summed E-state index contributed by atoms with van der Waals surface area (Å²) < 4.78 is 39.6. The number of halogens is 1. The molecule has 2 aromatic carbocycles. The van der Waals surface area contributed by atoms with Crippen LogP contribution >= 0.6 is 0 Å². The van der Waals surface area contributed by atoms with Gasteiger partial charge in [-0.2, -0.15) is 4.31 Å². The van der Waals surface area contributed by atoms with Crippen LogP contribution in [0, 0.1) is 5.82 Å². The van der Waals surface area contributed by atoms with E-state index in [1.54, 1.807) is 18.2 Å². The SMILES string of the molecule is O=C(O)c1cccc(CN2CCN(S(=O)(=O)c3ccc(F)cc3)CC2)c1. The Labute approximate surface area is 151 Å². The molecule has 2 aromatic rings. The molecule has 0 radical (unpaired) electrons. The molecule has 0 aliphatic carbocycles. The molecule has 0 unspecified atom stereocenters. The van der Waals surface area contributed by atoms with Crippen LogP contribution in [0.3, 0.4) is 0 Å². The lowest BCUT2D eigenvalue weighted by molar-refractivity contribution is 0.0696. The molecule has 1 heterocycles. The first-order valence-corrected chi connectivity index (χ1v) is 9.60. The van der Waals surface area contributed by atoms with Crippen molar-refractivity contribution in [2.75, 3.05) is 26.2 Å². The first-order chi connectivity index (χ1) is 12.4. The van der Waals surface area contributed by atoms with Gasteiger partial charge in [0.05, 0.1) is 10.5 Å². The summed E-state index contributed by atoms with van der Waals surface area (Å²) in [6.45, 7) is 2.30. The number of sulfonamides is 1. The first kappa shape index (κ1) is 18.5. The van der Waals surface area contributed by atoms with E-state index < -0.39 is 21.8 Å². The number of carbonyl (C=O) groups is 1. The third-order valence-corrected chi connectivity index (χ3v) is 6.28. The van der Waals surface area contributed by atoms with Crippen molar-refractivity contribution in [3.63, 3.8) is 0 Å². The van der Waals surface area contributed by atoms with Crippen molar-refractivity contribution in [1.82, 2.24) is 9.21 Å². The molecule has 8 heteroatoms. The summed E-state index contributed by atoms with van der Waals surface area (Å²) in [7, 11) is -3.63. The van der Waals surface area contributed by atoms with Gasteiger partial charge in [-0.3, -0.25) is 4.90 Å². The fraction of sp³-hybridized carbons (Fsp3) is 0.278. The molecule has 138 valence electrons. The van der Waals surface area contributed by atoms with Gasteiger partial charge in [-0.1, -0.05) is 12.1 Å². The molecule has 1 saturated heterocycles. The quantitative estimate of drug-likeness (QED) is 0.861. The molecule has 0 aromatic heterocycles. The average molecular weight is 378 g/mol. The number of nitrogens with zero attached hydrogens (tertiary/aromatic N) is 2. The smallest absolute Gasteiger partial charge is 0.335 e. The molecule has 0 bridgehead atoms. The summed E-state index contributed by atoms with van der Waals surface area (Å²) in [4.78, 5) is 13.2. The van der Waals surface area contributed by atoms with Gasteiger partial charge in [0.2, 0.25) is 10.0 Å². The summed E-state index contributed by atoms with van der Waals surface area (Å²) in [6, 6.07) is 11.5. The number of hydrogen-bond acceptors (Lipinski definition) is 4. The van der Waals surface area contributed by atoms with Crippen LogP contribution in [-0.2, 0) is 16.6 Å². The molecule has 6 nitrogen and oxygen atoms in total. The molecule has 0 saturated carbocycles. The fourth-order valence-electron chi connectivity index (χ4n) is 2.94. The van der Waals surface area contributed by atoms with Crippen LogP contribution in [0.2, 0.25) is 0 Å². The summed E-state index contributed by atoms with van der Waals surface area (Å²) in [5.41, 5.74) is 1.11. The van der Waals surface area contributed by atoms with Crippen LogP contribution in [0.1, 0.15) is 15.9 Å². The van der Waals surface area contributed by atoms with Crippen molar-refractivity contribution >= 4 is 16.0 Å². The Morgan fingerprint density at radius 3 is 2.31 bits per heavy atom. The maximum absolute atomic E-state index is 13.0. The van der Waals surface area contributed by atoms with Crippen LogP contribution < -0.4 is 0 Å². The Bertz CT molecular complexity index is 892. The van der Waals surface area contributed by atoms with Gasteiger partial charge in [-0.25, -0.2) is 17.6 Å². The zero-order chi connectivity index (χ0) is 18.7. The van der Waals surface area contributed by atoms with Crippen molar-refractivity contribution in [3.8, 4) is 0 Å². The number of piperazine rings is 1. The van der Waals surface area contributed by atoms with Crippen molar-refractivity contribution in [1.29, 1.82) is 0 Å². The predicted molar refractivity (Wildman–Crippen MR) is 93.8 cm³/mol. The van der Waals surface area contributed by atoms with Crippen LogP contribution in [-0.4, -0.2) is 54.9 Å². The van der Waals surface area contributed by atoms with Gasteiger partial charge < -0.3 is 5.11 Å². The summed E-state index contributed by atoms with van der Waals surface area (Å²) in [5, 5.41) is 9.05. The number of benzene rings is 2. The van der Waals surface area contributed by atoms with Gasteiger partial charge in [0.15, 0.2) is 0 Å². The highest BCUT2D eigenvalue weighted by atomic mass is 32.2. The van der Waals surface area contributed by atoms with Crippen molar-refractivity contribution < 1.29 is 22.7 Å². The van der Waals surface area contributed by atoms with E-state index in [2.05, 4.69) is 4.90 Å². The van der Waals surface area contributed by atoms with E-state index >= 15 is 0 Å². The molecular weight excluding hydrogens is 359 g/mol. The Kier molecular flexibility index (Phi) is 5.36. The highest BCUT2D eigenvalue weighted by Gasteiger charge is 2.28. The lowest BCUT2D eigenvalue weighted by atomic mass is 10.1. The summed E-state index contributed by atoms with van der Waals surface area (Å²) in [6.07, 6.45) is 0. The van der Waals surface area contributed by atoms with Crippen molar-refractivity contribution in [2.45, 2.75) is 11.4 Å². The number of carboxylic acid groups (broad SMARTS) is 1. The van der Waals surface area contributed by atoms with Gasteiger partial charge in [-0.15, -0.1) is 0 Å². The minimum Gasteiger partial charge on any atom is -0.478 e. The van der Waals surface area contributed by atoms with E-state index in [1.807, 2.05) is 6.07 Å². The van der Waals surface area contributed by atoms with Gasteiger partial charge >= 0.3 is 5.97 Å². The molecule has 0 spiro atoms. The topological polar surface area (TPSA) is 77.9 Å². The second-order valence-corrected chi connectivity index (χ2v) is 8.08. The van der Waals surface area contributed by atoms with Gasteiger partial charge in [-0.05, 0) is 42.0 Å². The van der Waals surface area contributed by atoms with E-state index in [4.69, 9.17) is 5.11 Å². The van der Waals surface area contributed by atoms with E-state index in [0.29, 0.717) is 32.7 Å². The second kappa shape index (κ2) is 7.53. The Hall–Kier alpha value is -2.29. The summed E-state index contributed by atoms with van der Waals surface area (Å²) >= 11 is 0. The van der Waals surface area contributed by atoms with Crippen LogP contribution in [0.15, 0.2) is 53.4 Å². The molecule has 1 aliphatic rings. The third kappa shape index (κ3) is 4.09. The number of carboxylic acids is 1. The number of aromatic carboxylic acids is 1. The van der Waals surface area contributed by atoms with Gasteiger partial charge in [0.1, 0.15) is 5.82 Å². The Morgan fingerprint density at radius 1 is 1.04 bits per heavy atom. The van der Waals surface area contributed by atoms with E-state index in [-0.39, 0.29) is 10.5 Å². The number of hydrogen-bond donors (Lipinski definition) is 1. The average Bonchev–Trinajstić information content (AvgIpc) is 2.63. The summed E-state index contributed by atoms with van der Waals surface area (Å²) in [5.74, 6) is -1.44. The molecule has 1 fully saturated rings. The molecule has 1 aliphatic heterocycles. The Morgan fingerprint density at radius 2 is 1.69 bits per heavy atom. The van der Waals surface area contributed by atoms with Crippen molar-refractivity contribution in [2.24, 2.45) is 0 Å². The van der Waals surface area contributed by atoms with Crippen LogP contribution in [0.25, 0.3) is 0 Å². The van der Waals surface area contributed by atoms with Gasteiger partial charge in [0, 0.05) is 32.7 Å². The zero-order valence-corrected chi connectivity index (χ0v) is 14.8. The van der Waals surface area contributed by atoms with Crippen LogP contribution in [0.5, 0.6) is 0 Å². The van der Waals surface area contributed by atoms with E-state index in [1.165, 1.54) is 16.4 Å². The number of rotatable bonds is 5. The highest BCUT2D eigenvalue weighted by molar-refractivity contribution is 7.89. The van der Waals surface area contributed by atoms with E-state index in [0.717, 1.165) is 17.7 Å². The largest absolute Gasteiger partial charge is 0.478 e. The molecule has 3 rings (SSSR count). The zero-order valence-electron chi connectivity index (χ0n) is 14.0. The van der Waals surface area contributed by atoms with Crippen molar-refractivity contribution in [3.05, 3.63) is 65.5 Å². The highest BCUT2D eigenvalue weighted by Crippen LogP contribution is 2.19. The van der Waals surface area contributed by atoms with Gasteiger partial charge in [0.25, 0.3) is 0 Å². The minimum absolute atomic E-state index is 0.0847. The Balaban J connectivity index is 1.63.